The number of likely N-dealkylation sites (tertiary alicyclic amines) is 1. The van der Waals surface area contributed by atoms with E-state index in [0.717, 1.165) is 31.5 Å². The molecule has 18 heavy (non-hydrogen) atoms. The van der Waals surface area contributed by atoms with Crippen molar-refractivity contribution in [3.05, 3.63) is 39.9 Å². The molecule has 98 valence electrons. The SMILES string of the molecule is CNC1(c2cccc([N+](=O)[O-])c2)CCN(C)CC1. The molecule has 1 N–H and O–H groups in total. The summed E-state index contributed by atoms with van der Waals surface area (Å²) in [6, 6.07) is 6.99. The Balaban J connectivity index is 2.32. The average molecular weight is 249 g/mol. The van der Waals surface area contributed by atoms with Crippen LogP contribution in [0.5, 0.6) is 0 Å². The second-order valence-electron chi connectivity index (χ2n) is 4.94. The van der Waals surface area contributed by atoms with Crippen molar-refractivity contribution in [3.8, 4) is 0 Å². The van der Waals surface area contributed by atoms with E-state index in [1.54, 1.807) is 18.2 Å². The normalized spacial score (nSPS) is 19.7. The summed E-state index contributed by atoms with van der Waals surface area (Å²) in [5, 5.41) is 14.2. The lowest BCUT2D eigenvalue weighted by Crippen LogP contribution is -2.48. The van der Waals surface area contributed by atoms with Crippen LogP contribution in [0.15, 0.2) is 24.3 Å². The van der Waals surface area contributed by atoms with Gasteiger partial charge in [0.1, 0.15) is 0 Å². The van der Waals surface area contributed by atoms with Crippen LogP contribution >= 0.6 is 0 Å². The first-order valence-corrected chi connectivity index (χ1v) is 6.20. The van der Waals surface area contributed by atoms with Crippen LogP contribution < -0.4 is 5.32 Å². The van der Waals surface area contributed by atoms with Crippen molar-refractivity contribution < 1.29 is 4.92 Å². The van der Waals surface area contributed by atoms with E-state index >= 15 is 0 Å². The molecule has 1 aromatic rings. The molecule has 1 saturated heterocycles. The average Bonchev–Trinajstić information content (AvgIpc) is 2.40. The maximum Gasteiger partial charge on any atom is 0.269 e. The summed E-state index contributed by atoms with van der Waals surface area (Å²) in [7, 11) is 4.04. The highest BCUT2D eigenvalue weighted by Gasteiger charge is 2.34. The lowest BCUT2D eigenvalue weighted by atomic mass is 9.81. The Morgan fingerprint density at radius 2 is 2.06 bits per heavy atom. The topological polar surface area (TPSA) is 58.4 Å². The van der Waals surface area contributed by atoms with Crippen LogP contribution in [-0.4, -0.2) is 37.0 Å². The quantitative estimate of drug-likeness (QED) is 0.654. The standard InChI is InChI=1S/C13H19N3O2/c1-14-13(6-8-15(2)9-7-13)11-4-3-5-12(10-11)16(17)18/h3-5,10,14H,6-9H2,1-2H3. The van der Waals surface area contributed by atoms with Gasteiger partial charge in [0.25, 0.3) is 5.69 Å². The highest BCUT2D eigenvalue weighted by atomic mass is 16.6. The van der Waals surface area contributed by atoms with E-state index in [1.165, 1.54) is 0 Å². The Hall–Kier alpha value is -1.46. The smallest absolute Gasteiger partial charge is 0.269 e. The first-order chi connectivity index (χ1) is 8.57. The van der Waals surface area contributed by atoms with E-state index in [9.17, 15) is 10.1 Å². The van der Waals surface area contributed by atoms with Gasteiger partial charge in [-0.1, -0.05) is 12.1 Å². The molecule has 1 aromatic carbocycles. The second-order valence-corrected chi connectivity index (χ2v) is 4.94. The molecule has 0 saturated carbocycles. The van der Waals surface area contributed by atoms with Crippen LogP contribution in [-0.2, 0) is 5.54 Å². The van der Waals surface area contributed by atoms with Gasteiger partial charge in [0, 0.05) is 17.7 Å². The zero-order valence-corrected chi connectivity index (χ0v) is 10.8. The van der Waals surface area contributed by atoms with Gasteiger partial charge >= 0.3 is 0 Å². The van der Waals surface area contributed by atoms with Crippen molar-refractivity contribution in [2.24, 2.45) is 0 Å². The zero-order valence-electron chi connectivity index (χ0n) is 10.8. The molecule has 0 unspecified atom stereocenters. The van der Waals surface area contributed by atoms with Gasteiger partial charge in [-0.2, -0.15) is 0 Å². The molecular weight excluding hydrogens is 230 g/mol. The van der Waals surface area contributed by atoms with Gasteiger partial charge in [-0.15, -0.1) is 0 Å². The number of nitro benzene ring substituents is 1. The Kier molecular flexibility index (Phi) is 3.63. The molecule has 2 rings (SSSR count). The summed E-state index contributed by atoms with van der Waals surface area (Å²) in [5.41, 5.74) is 1.06. The third kappa shape index (κ3) is 2.37. The highest BCUT2D eigenvalue weighted by molar-refractivity contribution is 5.38. The molecule has 5 nitrogen and oxygen atoms in total. The molecule has 1 aliphatic rings. The summed E-state index contributed by atoms with van der Waals surface area (Å²) < 4.78 is 0. The van der Waals surface area contributed by atoms with E-state index in [-0.39, 0.29) is 16.1 Å². The zero-order chi connectivity index (χ0) is 13.2. The number of nitro groups is 1. The molecule has 0 aliphatic carbocycles. The summed E-state index contributed by atoms with van der Waals surface area (Å²) >= 11 is 0. The molecule has 0 atom stereocenters. The minimum absolute atomic E-state index is 0.126. The number of rotatable bonds is 3. The van der Waals surface area contributed by atoms with E-state index < -0.39 is 0 Å². The van der Waals surface area contributed by atoms with Gasteiger partial charge in [0.15, 0.2) is 0 Å². The fourth-order valence-corrected chi connectivity index (χ4v) is 2.60. The van der Waals surface area contributed by atoms with Crippen molar-refractivity contribution in [2.75, 3.05) is 27.2 Å². The van der Waals surface area contributed by atoms with Crippen molar-refractivity contribution >= 4 is 5.69 Å². The number of nitrogens with one attached hydrogen (secondary N) is 1. The van der Waals surface area contributed by atoms with Crippen molar-refractivity contribution in [2.45, 2.75) is 18.4 Å². The minimum atomic E-state index is -0.332. The number of piperidine rings is 1. The molecule has 1 aliphatic heterocycles. The molecule has 0 radical (unpaired) electrons. The van der Waals surface area contributed by atoms with Crippen LogP contribution in [0.4, 0.5) is 5.69 Å². The maximum atomic E-state index is 10.9. The summed E-state index contributed by atoms with van der Waals surface area (Å²) in [6.45, 7) is 2.01. The third-order valence-electron chi connectivity index (χ3n) is 3.93. The first kappa shape index (κ1) is 13.0. The molecular formula is C13H19N3O2. The fourth-order valence-electron chi connectivity index (χ4n) is 2.60. The predicted molar refractivity (Wildman–Crippen MR) is 70.6 cm³/mol. The molecule has 1 heterocycles. The van der Waals surface area contributed by atoms with E-state index in [0.29, 0.717) is 0 Å². The molecule has 0 bridgehead atoms. The van der Waals surface area contributed by atoms with Gasteiger partial charge in [0.05, 0.1) is 4.92 Å². The van der Waals surface area contributed by atoms with Gasteiger partial charge in [0.2, 0.25) is 0 Å². The Labute approximate surface area is 107 Å². The monoisotopic (exact) mass is 249 g/mol. The Bertz CT molecular complexity index is 440. The van der Waals surface area contributed by atoms with Crippen LogP contribution in [0, 0.1) is 10.1 Å². The Morgan fingerprint density at radius 3 is 2.61 bits per heavy atom. The van der Waals surface area contributed by atoms with Gasteiger partial charge in [-0.25, -0.2) is 0 Å². The minimum Gasteiger partial charge on any atom is -0.310 e. The highest BCUT2D eigenvalue weighted by Crippen LogP contribution is 2.33. The summed E-state index contributed by atoms with van der Waals surface area (Å²) in [5.74, 6) is 0. The van der Waals surface area contributed by atoms with Crippen molar-refractivity contribution in [1.29, 1.82) is 0 Å². The second kappa shape index (κ2) is 5.04. The largest absolute Gasteiger partial charge is 0.310 e. The number of hydrogen-bond acceptors (Lipinski definition) is 4. The molecule has 0 spiro atoms. The number of non-ortho nitro benzene ring substituents is 1. The number of benzene rings is 1. The van der Waals surface area contributed by atoms with Gasteiger partial charge in [-0.3, -0.25) is 10.1 Å². The maximum absolute atomic E-state index is 10.9. The summed E-state index contributed by atoms with van der Waals surface area (Å²) in [6.07, 6.45) is 1.95. The molecule has 1 fully saturated rings. The summed E-state index contributed by atoms with van der Waals surface area (Å²) in [4.78, 5) is 12.8. The van der Waals surface area contributed by atoms with Crippen LogP contribution in [0.3, 0.4) is 0 Å². The molecule has 0 amide bonds. The van der Waals surface area contributed by atoms with Gasteiger partial charge in [-0.05, 0) is 45.6 Å². The molecule has 5 heteroatoms. The van der Waals surface area contributed by atoms with E-state index in [1.807, 2.05) is 13.1 Å². The van der Waals surface area contributed by atoms with Gasteiger partial charge < -0.3 is 10.2 Å². The number of nitrogens with zero attached hydrogens (tertiary/aromatic N) is 2. The number of hydrogen-bond donors (Lipinski definition) is 1. The Morgan fingerprint density at radius 1 is 1.39 bits per heavy atom. The van der Waals surface area contributed by atoms with Crippen molar-refractivity contribution in [3.63, 3.8) is 0 Å². The fraction of sp³-hybridized carbons (Fsp3) is 0.538. The molecule has 0 aromatic heterocycles. The van der Waals surface area contributed by atoms with E-state index in [4.69, 9.17) is 0 Å². The third-order valence-corrected chi connectivity index (χ3v) is 3.93. The van der Waals surface area contributed by atoms with E-state index in [2.05, 4.69) is 17.3 Å². The van der Waals surface area contributed by atoms with Crippen LogP contribution in [0.25, 0.3) is 0 Å². The van der Waals surface area contributed by atoms with Crippen LogP contribution in [0.2, 0.25) is 0 Å². The predicted octanol–water partition coefficient (Wildman–Crippen LogP) is 1.74. The first-order valence-electron chi connectivity index (χ1n) is 6.20. The lowest BCUT2D eigenvalue weighted by Gasteiger charge is -2.41. The van der Waals surface area contributed by atoms with Crippen molar-refractivity contribution in [1.82, 2.24) is 10.2 Å². The van der Waals surface area contributed by atoms with Crippen LogP contribution in [0.1, 0.15) is 18.4 Å². The lowest BCUT2D eigenvalue weighted by molar-refractivity contribution is -0.385.